The van der Waals surface area contributed by atoms with Crippen LogP contribution in [0.4, 0.5) is 0 Å². The second-order valence-electron chi connectivity index (χ2n) is 5.03. The van der Waals surface area contributed by atoms with Crippen LogP contribution >= 0.6 is 11.8 Å². The zero-order valence-electron chi connectivity index (χ0n) is 12.5. The van der Waals surface area contributed by atoms with Gasteiger partial charge in [-0.15, -0.1) is 11.8 Å². The number of hydrogen-bond acceptors (Lipinski definition) is 2. The Morgan fingerprint density at radius 3 is 2.52 bits per heavy atom. The van der Waals surface area contributed by atoms with Crippen LogP contribution in [0.3, 0.4) is 0 Å². The highest BCUT2D eigenvalue weighted by Crippen LogP contribution is 2.26. The molecule has 0 unspecified atom stereocenters. The number of aliphatic hydroxyl groups is 1. The zero-order valence-corrected chi connectivity index (χ0v) is 13.3. The zero-order chi connectivity index (χ0) is 15.1. The lowest BCUT2D eigenvalue weighted by atomic mass is 10.1. The van der Waals surface area contributed by atoms with Gasteiger partial charge in [0.15, 0.2) is 0 Å². The molecule has 1 nitrogen and oxygen atoms in total. The molecule has 0 spiro atoms. The van der Waals surface area contributed by atoms with Crippen LogP contribution in [0.15, 0.2) is 47.4 Å². The van der Waals surface area contributed by atoms with Gasteiger partial charge in [-0.2, -0.15) is 0 Å². The van der Waals surface area contributed by atoms with E-state index in [1.165, 1.54) is 21.6 Å². The van der Waals surface area contributed by atoms with Gasteiger partial charge in [-0.1, -0.05) is 41.7 Å². The molecule has 0 amide bonds. The molecule has 0 aliphatic carbocycles. The van der Waals surface area contributed by atoms with Crippen molar-refractivity contribution in [1.82, 2.24) is 0 Å². The Morgan fingerprint density at radius 2 is 1.81 bits per heavy atom. The van der Waals surface area contributed by atoms with E-state index in [1.54, 1.807) is 0 Å². The van der Waals surface area contributed by atoms with E-state index in [0.29, 0.717) is 6.42 Å². The second kappa shape index (κ2) is 7.93. The molecule has 0 aliphatic rings. The predicted octanol–water partition coefficient (Wildman–Crippen LogP) is 4.33. The van der Waals surface area contributed by atoms with Crippen LogP contribution in [-0.4, -0.2) is 11.7 Å². The fourth-order valence-corrected chi connectivity index (χ4v) is 3.01. The van der Waals surface area contributed by atoms with Crippen LogP contribution in [-0.2, 0) is 5.75 Å². The van der Waals surface area contributed by atoms with Gasteiger partial charge in [0.2, 0.25) is 0 Å². The summed E-state index contributed by atoms with van der Waals surface area (Å²) in [5.41, 5.74) is 4.94. The summed E-state index contributed by atoms with van der Waals surface area (Å²) < 4.78 is 0. The van der Waals surface area contributed by atoms with Crippen LogP contribution in [0.1, 0.15) is 28.7 Å². The highest BCUT2D eigenvalue weighted by molar-refractivity contribution is 7.98. The van der Waals surface area contributed by atoms with E-state index in [4.69, 9.17) is 5.11 Å². The lowest BCUT2D eigenvalue weighted by Crippen LogP contribution is -1.85. The standard InChI is InChI=1S/C19H20OS/c1-15-6-7-16(2)19(13-15)21-14-18-10-8-17(9-11-18)5-3-4-12-20/h6-11,13,20H,4,12,14H2,1-2H3. The monoisotopic (exact) mass is 296 g/mol. The molecule has 0 atom stereocenters. The minimum atomic E-state index is 0.123. The van der Waals surface area contributed by atoms with Gasteiger partial charge in [0.1, 0.15) is 0 Å². The second-order valence-corrected chi connectivity index (χ2v) is 6.05. The van der Waals surface area contributed by atoms with E-state index in [0.717, 1.165) is 11.3 Å². The molecule has 108 valence electrons. The maximum absolute atomic E-state index is 8.70. The Bertz CT molecular complexity index is 648. The van der Waals surface area contributed by atoms with Gasteiger partial charge in [-0.3, -0.25) is 0 Å². The summed E-state index contributed by atoms with van der Waals surface area (Å²) in [6.07, 6.45) is 0.532. The molecule has 0 aromatic heterocycles. The first kappa shape index (κ1) is 15.7. The van der Waals surface area contributed by atoms with Gasteiger partial charge < -0.3 is 5.11 Å². The number of aryl methyl sites for hydroxylation is 2. The first-order chi connectivity index (χ1) is 10.2. The minimum absolute atomic E-state index is 0.123. The lowest BCUT2D eigenvalue weighted by molar-refractivity contribution is 0.305. The normalized spacial score (nSPS) is 10.0. The van der Waals surface area contributed by atoms with E-state index in [2.05, 4.69) is 56.0 Å². The topological polar surface area (TPSA) is 20.2 Å². The Labute approximate surface area is 131 Å². The summed E-state index contributed by atoms with van der Waals surface area (Å²) >= 11 is 1.87. The molecular weight excluding hydrogens is 276 g/mol. The summed E-state index contributed by atoms with van der Waals surface area (Å²) in [7, 11) is 0. The van der Waals surface area contributed by atoms with E-state index in [1.807, 2.05) is 23.9 Å². The van der Waals surface area contributed by atoms with E-state index >= 15 is 0 Å². The van der Waals surface area contributed by atoms with Crippen LogP contribution < -0.4 is 0 Å². The predicted molar refractivity (Wildman–Crippen MR) is 90.5 cm³/mol. The highest BCUT2D eigenvalue weighted by atomic mass is 32.2. The smallest absolute Gasteiger partial charge is 0.0540 e. The Kier molecular flexibility index (Phi) is 5.92. The average Bonchev–Trinajstić information content (AvgIpc) is 2.50. The Morgan fingerprint density at radius 1 is 1.05 bits per heavy atom. The van der Waals surface area contributed by atoms with Crippen molar-refractivity contribution in [3.63, 3.8) is 0 Å². The van der Waals surface area contributed by atoms with Crippen molar-refractivity contribution in [3.05, 3.63) is 64.7 Å². The molecule has 21 heavy (non-hydrogen) atoms. The van der Waals surface area contributed by atoms with E-state index in [9.17, 15) is 0 Å². The van der Waals surface area contributed by atoms with Crippen molar-refractivity contribution in [2.45, 2.75) is 30.9 Å². The third-order valence-corrected chi connectivity index (χ3v) is 4.39. The molecule has 0 saturated heterocycles. The Balaban J connectivity index is 1.98. The first-order valence-electron chi connectivity index (χ1n) is 7.08. The number of thioether (sulfide) groups is 1. The van der Waals surface area contributed by atoms with Gasteiger partial charge >= 0.3 is 0 Å². The number of benzene rings is 2. The van der Waals surface area contributed by atoms with Crippen molar-refractivity contribution in [2.75, 3.05) is 6.61 Å². The summed E-state index contributed by atoms with van der Waals surface area (Å²) in [6.45, 7) is 4.41. The van der Waals surface area contributed by atoms with Crippen LogP contribution in [0.2, 0.25) is 0 Å². The van der Waals surface area contributed by atoms with Crippen molar-refractivity contribution < 1.29 is 5.11 Å². The van der Waals surface area contributed by atoms with E-state index in [-0.39, 0.29) is 6.61 Å². The number of aliphatic hydroxyl groups excluding tert-OH is 1. The quantitative estimate of drug-likeness (QED) is 0.669. The number of rotatable bonds is 4. The molecule has 0 heterocycles. The fraction of sp³-hybridized carbons (Fsp3) is 0.263. The van der Waals surface area contributed by atoms with Gasteiger partial charge in [0.25, 0.3) is 0 Å². The van der Waals surface area contributed by atoms with Crippen LogP contribution in [0.25, 0.3) is 0 Å². The summed E-state index contributed by atoms with van der Waals surface area (Å²) in [6, 6.07) is 14.9. The van der Waals surface area contributed by atoms with Crippen molar-refractivity contribution in [1.29, 1.82) is 0 Å². The average molecular weight is 296 g/mol. The maximum atomic E-state index is 8.70. The molecule has 2 heteroatoms. The maximum Gasteiger partial charge on any atom is 0.0540 e. The van der Waals surface area contributed by atoms with Crippen LogP contribution in [0, 0.1) is 25.7 Å². The highest BCUT2D eigenvalue weighted by Gasteiger charge is 2.01. The van der Waals surface area contributed by atoms with Crippen LogP contribution in [0.5, 0.6) is 0 Å². The van der Waals surface area contributed by atoms with Gasteiger partial charge in [0, 0.05) is 22.6 Å². The third kappa shape index (κ3) is 4.97. The van der Waals surface area contributed by atoms with Gasteiger partial charge in [0.05, 0.1) is 6.61 Å². The molecule has 2 aromatic carbocycles. The first-order valence-corrected chi connectivity index (χ1v) is 8.06. The molecule has 0 bridgehead atoms. The Hall–Kier alpha value is -1.69. The van der Waals surface area contributed by atoms with Gasteiger partial charge in [-0.05, 0) is 43.2 Å². The summed E-state index contributed by atoms with van der Waals surface area (Å²) in [5, 5.41) is 8.70. The summed E-state index contributed by atoms with van der Waals surface area (Å²) in [5.74, 6) is 6.95. The molecule has 1 N–H and O–H groups in total. The molecule has 0 aliphatic heterocycles. The molecule has 2 rings (SSSR count). The molecule has 0 radical (unpaired) electrons. The van der Waals surface area contributed by atoms with Crippen molar-refractivity contribution >= 4 is 11.8 Å². The van der Waals surface area contributed by atoms with Gasteiger partial charge in [-0.25, -0.2) is 0 Å². The summed E-state index contributed by atoms with van der Waals surface area (Å²) in [4.78, 5) is 1.35. The van der Waals surface area contributed by atoms with Crippen molar-refractivity contribution in [2.24, 2.45) is 0 Å². The van der Waals surface area contributed by atoms with Crippen molar-refractivity contribution in [3.8, 4) is 11.8 Å². The third-order valence-electron chi connectivity index (χ3n) is 3.16. The number of hydrogen-bond donors (Lipinski definition) is 1. The molecule has 0 saturated carbocycles. The molecular formula is C19H20OS. The largest absolute Gasteiger partial charge is 0.395 e. The van der Waals surface area contributed by atoms with E-state index < -0.39 is 0 Å². The lowest BCUT2D eigenvalue weighted by Gasteiger charge is -2.07. The minimum Gasteiger partial charge on any atom is -0.395 e. The SMILES string of the molecule is Cc1ccc(C)c(SCc2ccc(C#CCCO)cc2)c1. The molecule has 0 fully saturated rings. The fourth-order valence-electron chi connectivity index (χ4n) is 1.93. The molecule has 2 aromatic rings.